The lowest BCUT2D eigenvalue weighted by atomic mass is 10.2. The summed E-state index contributed by atoms with van der Waals surface area (Å²) in [6.45, 7) is 11.8. The van der Waals surface area contributed by atoms with Gasteiger partial charge in [-0.3, -0.25) is 4.99 Å². The Balaban J connectivity index is 0.00000312. The van der Waals surface area contributed by atoms with E-state index in [0.29, 0.717) is 12.6 Å². The molecule has 0 bridgehead atoms. The number of aryl methyl sites for hydroxylation is 1. The molecule has 2 rings (SSSR count). The highest BCUT2D eigenvalue weighted by atomic mass is 127. The Morgan fingerprint density at radius 1 is 1.32 bits per heavy atom. The molecule has 1 atom stereocenters. The Labute approximate surface area is 169 Å². The molecule has 1 aromatic rings. The van der Waals surface area contributed by atoms with Gasteiger partial charge in [0.1, 0.15) is 5.82 Å². The lowest BCUT2D eigenvalue weighted by molar-refractivity contribution is 0.292. The summed E-state index contributed by atoms with van der Waals surface area (Å²) in [6.07, 6.45) is 4.56. The number of nitrogens with zero attached hydrogens (tertiary/aromatic N) is 5. The SMILES string of the molecule is CCN(CC)CCCC(C)NC(=NC)NCc1nnc2n1CCC2.I. The van der Waals surface area contributed by atoms with Crippen LogP contribution in [0, 0.1) is 0 Å². The number of halogens is 1. The van der Waals surface area contributed by atoms with Crippen LogP contribution in [0.15, 0.2) is 4.99 Å². The van der Waals surface area contributed by atoms with Crippen LogP contribution in [0.2, 0.25) is 0 Å². The van der Waals surface area contributed by atoms with E-state index in [1.54, 1.807) is 0 Å². The second-order valence-electron chi connectivity index (χ2n) is 6.43. The number of guanidine groups is 1. The molecule has 0 amide bonds. The predicted molar refractivity (Wildman–Crippen MR) is 114 cm³/mol. The van der Waals surface area contributed by atoms with E-state index in [2.05, 4.69) is 56.1 Å². The maximum Gasteiger partial charge on any atom is 0.191 e. The molecule has 0 saturated carbocycles. The van der Waals surface area contributed by atoms with Crippen LogP contribution in [-0.4, -0.2) is 58.3 Å². The Hall–Kier alpha value is -0.900. The maximum absolute atomic E-state index is 4.32. The second-order valence-corrected chi connectivity index (χ2v) is 6.43. The van der Waals surface area contributed by atoms with Crippen molar-refractivity contribution in [1.29, 1.82) is 0 Å². The summed E-state index contributed by atoms with van der Waals surface area (Å²) in [5.41, 5.74) is 0. The minimum atomic E-state index is 0. The topological polar surface area (TPSA) is 70.4 Å². The second kappa shape index (κ2) is 11.7. The number of aromatic nitrogens is 3. The molecule has 8 heteroatoms. The van der Waals surface area contributed by atoms with Crippen LogP contribution >= 0.6 is 24.0 Å². The third kappa shape index (κ3) is 6.73. The fourth-order valence-corrected chi connectivity index (χ4v) is 3.17. The molecule has 0 aliphatic carbocycles. The van der Waals surface area contributed by atoms with E-state index in [9.17, 15) is 0 Å². The lowest BCUT2D eigenvalue weighted by Gasteiger charge is -2.21. The summed E-state index contributed by atoms with van der Waals surface area (Å²) in [7, 11) is 1.81. The third-order valence-electron chi connectivity index (χ3n) is 4.71. The molecule has 1 aliphatic heterocycles. The van der Waals surface area contributed by atoms with Gasteiger partial charge in [0.2, 0.25) is 0 Å². The summed E-state index contributed by atoms with van der Waals surface area (Å²) in [5.74, 6) is 2.94. The third-order valence-corrected chi connectivity index (χ3v) is 4.71. The first-order valence-corrected chi connectivity index (χ1v) is 9.28. The van der Waals surface area contributed by atoms with Gasteiger partial charge >= 0.3 is 0 Å². The van der Waals surface area contributed by atoms with Gasteiger partial charge in [0.05, 0.1) is 6.54 Å². The van der Waals surface area contributed by atoms with Crippen LogP contribution in [0.1, 0.15) is 51.7 Å². The number of rotatable bonds is 9. The molecule has 0 radical (unpaired) electrons. The van der Waals surface area contributed by atoms with E-state index in [4.69, 9.17) is 0 Å². The molecule has 2 N–H and O–H groups in total. The van der Waals surface area contributed by atoms with Crippen LogP contribution in [-0.2, 0) is 19.5 Å². The van der Waals surface area contributed by atoms with Crippen molar-refractivity contribution < 1.29 is 0 Å². The van der Waals surface area contributed by atoms with Crippen LogP contribution < -0.4 is 10.6 Å². The van der Waals surface area contributed by atoms with E-state index in [1.807, 2.05) is 7.05 Å². The summed E-state index contributed by atoms with van der Waals surface area (Å²) < 4.78 is 2.22. The van der Waals surface area contributed by atoms with Crippen molar-refractivity contribution in [3.8, 4) is 0 Å². The zero-order valence-corrected chi connectivity index (χ0v) is 18.4. The molecular weight excluding hydrogens is 429 g/mol. The van der Waals surface area contributed by atoms with E-state index in [0.717, 1.165) is 56.6 Å². The number of hydrogen-bond donors (Lipinski definition) is 2. The van der Waals surface area contributed by atoms with Crippen molar-refractivity contribution in [2.45, 2.75) is 65.6 Å². The van der Waals surface area contributed by atoms with Gasteiger partial charge in [-0.1, -0.05) is 13.8 Å². The first kappa shape index (κ1) is 22.1. The monoisotopic (exact) mass is 463 g/mol. The highest BCUT2D eigenvalue weighted by molar-refractivity contribution is 14.0. The van der Waals surface area contributed by atoms with Crippen LogP contribution in [0.3, 0.4) is 0 Å². The molecule has 0 saturated heterocycles. The zero-order chi connectivity index (χ0) is 17.4. The van der Waals surface area contributed by atoms with E-state index >= 15 is 0 Å². The van der Waals surface area contributed by atoms with Crippen molar-refractivity contribution in [1.82, 2.24) is 30.3 Å². The number of nitrogens with one attached hydrogen (secondary N) is 2. The largest absolute Gasteiger partial charge is 0.354 e. The maximum atomic E-state index is 4.32. The van der Waals surface area contributed by atoms with Gasteiger partial charge in [0, 0.05) is 26.1 Å². The number of hydrogen-bond acceptors (Lipinski definition) is 4. The quantitative estimate of drug-likeness (QED) is 0.333. The van der Waals surface area contributed by atoms with E-state index in [1.165, 1.54) is 12.8 Å². The average Bonchev–Trinajstić information content (AvgIpc) is 3.19. The molecule has 7 nitrogen and oxygen atoms in total. The molecular formula is C17H34IN7. The Bertz CT molecular complexity index is 525. The van der Waals surface area contributed by atoms with Gasteiger partial charge in [-0.05, 0) is 45.8 Å². The molecule has 1 aromatic heterocycles. The van der Waals surface area contributed by atoms with Gasteiger partial charge in [-0.25, -0.2) is 0 Å². The molecule has 25 heavy (non-hydrogen) atoms. The van der Waals surface area contributed by atoms with Gasteiger partial charge < -0.3 is 20.1 Å². The minimum absolute atomic E-state index is 0. The van der Waals surface area contributed by atoms with Gasteiger partial charge in [-0.2, -0.15) is 0 Å². The van der Waals surface area contributed by atoms with E-state index < -0.39 is 0 Å². The lowest BCUT2D eigenvalue weighted by Crippen LogP contribution is -2.42. The molecule has 0 aromatic carbocycles. The predicted octanol–water partition coefficient (Wildman–Crippen LogP) is 2.02. The highest BCUT2D eigenvalue weighted by Crippen LogP contribution is 2.13. The minimum Gasteiger partial charge on any atom is -0.354 e. The Kier molecular flexibility index (Phi) is 10.3. The molecule has 0 spiro atoms. The van der Waals surface area contributed by atoms with Crippen molar-refractivity contribution in [2.75, 3.05) is 26.7 Å². The molecule has 144 valence electrons. The molecule has 1 aliphatic rings. The van der Waals surface area contributed by atoms with Gasteiger partial charge in [-0.15, -0.1) is 34.2 Å². The number of fused-ring (bicyclic) bond motifs is 1. The van der Waals surface area contributed by atoms with Crippen LogP contribution in [0.5, 0.6) is 0 Å². The molecule has 0 fully saturated rings. The highest BCUT2D eigenvalue weighted by Gasteiger charge is 2.17. The summed E-state index contributed by atoms with van der Waals surface area (Å²) in [6, 6.07) is 0.399. The average molecular weight is 463 g/mol. The fraction of sp³-hybridized carbons (Fsp3) is 0.824. The van der Waals surface area contributed by atoms with Gasteiger partial charge in [0.15, 0.2) is 11.8 Å². The fourth-order valence-electron chi connectivity index (χ4n) is 3.17. The Morgan fingerprint density at radius 3 is 2.76 bits per heavy atom. The van der Waals surface area contributed by atoms with Crippen molar-refractivity contribution in [3.05, 3.63) is 11.6 Å². The smallest absolute Gasteiger partial charge is 0.191 e. The summed E-state index contributed by atoms with van der Waals surface area (Å²) in [4.78, 5) is 6.79. The normalized spacial score (nSPS) is 15.0. The standard InChI is InChI=1S/C17H33N7.HI/c1-5-23(6-2)11-7-9-14(3)20-17(18-4)19-13-16-22-21-15-10-8-12-24(15)16;/h14H,5-13H2,1-4H3,(H2,18,19,20);1H. The van der Waals surface area contributed by atoms with Crippen molar-refractivity contribution in [2.24, 2.45) is 4.99 Å². The zero-order valence-electron chi connectivity index (χ0n) is 16.1. The number of aliphatic imine (C=N–C) groups is 1. The summed E-state index contributed by atoms with van der Waals surface area (Å²) >= 11 is 0. The molecule has 1 unspecified atom stereocenters. The Morgan fingerprint density at radius 2 is 2.08 bits per heavy atom. The van der Waals surface area contributed by atoms with Crippen LogP contribution in [0.25, 0.3) is 0 Å². The summed E-state index contributed by atoms with van der Waals surface area (Å²) in [5, 5.41) is 15.3. The van der Waals surface area contributed by atoms with Crippen molar-refractivity contribution >= 4 is 29.9 Å². The van der Waals surface area contributed by atoms with Crippen molar-refractivity contribution in [3.63, 3.8) is 0 Å². The first-order valence-electron chi connectivity index (χ1n) is 9.28. The van der Waals surface area contributed by atoms with Crippen LogP contribution in [0.4, 0.5) is 0 Å². The van der Waals surface area contributed by atoms with E-state index in [-0.39, 0.29) is 24.0 Å². The van der Waals surface area contributed by atoms with Gasteiger partial charge in [0.25, 0.3) is 0 Å². The first-order chi connectivity index (χ1) is 11.7. The molecule has 2 heterocycles.